The molecular weight excluding hydrogens is 188 g/mol. The van der Waals surface area contributed by atoms with Crippen LogP contribution in [0.1, 0.15) is 45.4 Å². The van der Waals surface area contributed by atoms with Crippen molar-refractivity contribution in [3.05, 3.63) is 0 Å². The minimum atomic E-state index is -0.320. The van der Waals surface area contributed by atoms with E-state index in [9.17, 15) is 5.26 Å². The standard InChI is InChI=1S/C12H22N2O/c1-11-4-2-6-12(10-13,7-5-11)14-8-3-9-15/h11,14-15H,2-9H2,1H3. The summed E-state index contributed by atoms with van der Waals surface area (Å²) in [5.41, 5.74) is -0.320. The fourth-order valence-electron chi connectivity index (χ4n) is 2.25. The van der Waals surface area contributed by atoms with Gasteiger partial charge in [0.2, 0.25) is 0 Å². The molecule has 0 aliphatic heterocycles. The molecule has 1 rings (SSSR count). The highest BCUT2D eigenvalue weighted by molar-refractivity contribution is 5.07. The van der Waals surface area contributed by atoms with Gasteiger partial charge in [-0.15, -0.1) is 0 Å². The summed E-state index contributed by atoms with van der Waals surface area (Å²) in [6.45, 7) is 3.21. The minimum absolute atomic E-state index is 0.199. The number of aliphatic hydroxyl groups excluding tert-OH is 1. The van der Waals surface area contributed by atoms with Crippen LogP contribution >= 0.6 is 0 Å². The van der Waals surface area contributed by atoms with Crippen LogP contribution in [-0.4, -0.2) is 23.8 Å². The Morgan fingerprint density at radius 2 is 2.27 bits per heavy atom. The molecule has 0 amide bonds. The maximum Gasteiger partial charge on any atom is 0.106 e. The molecule has 1 aliphatic rings. The van der Waals surface area contributed by atoms with Crippen LogP contribution in [0.4, 0.5) is 0 Å². The number of rotatable bonds is 4. The van der Waals surface area contributed by atoms with Crippen molar-refractivity contribution in [1.29, 1.82) is 5.26 Å². The zero-order valence-corrected chi connectivity index (χ0v) is 9.63. The highest BCUT2D eigenvalue weighted by atomic mass is 16.3. The smallest absolute Gasteiger partial charge is 0.106 e. The van der Waals surface area contributed by atoms with E-state index in [-0.39, 0.29) is 12.1 Å². The number of aliphatic hydroxyl groups is 1. The molecule has 0 spiro atoms. The second-order valence-corrected chi connectivity index (χ2v) is 4.73. The predicted molar refractivity (Wildman–Crippen MR) is 60.3 cm³/mol. The fraction of sp³-hybridized carbons (Fsp3) is 0.917. The van der Waals surface area contributed by atoms with Gasteiger partial charge < -0.3 is 5.11 Å². The molecule has 0 radical (unpaired) electrons. The van der Waals surface area contributed by atoms with E-state index in [0.717, 1.165) is 44.6 Å². The molecule has 2 unspecified atom stereocenters. The van der Waals surface area contributed by atoms with Gasteiger partial charge in [-0.05, 0) is 38.1 Å². The zero-order chi connectivity index (χ0) is 11.1. The number of nitrogens with zero attached hydrogens (tertiary/aromatic N) is 1. The molecule has 0 bridgehead atoms. The van der Waals surface area contributed by atoms with E-state index in [2.05, 4.69) is 18.3 Å². The third-order valence-electron chi connectivity index (χ3n) is 3.38. The van der Waals surface area contributed by atoms with Crippen molar-refractivity contribution in [2.24, 2.45) is 5.92 Å². The van der Waals surface area contributed by atoms with Gasteiger partial charge in [-0.25, -0.2) is 0 Å². The molecule has 1 saturated carbocycles. The Morgan fingerprint density at radius 1 is 1.47 bits per heavy atom. The summed E-state index contributed by atoms with van der Waals surface area (Å²) >= 11 is 0. The predicted octanol–water partition coefficient (Wildman–Crippen LogP) is 1.82. The van der Waals surface area contributed by atoms with Crippen LogP contribution in [0.2, 0.25) is 0 Å². The number of nitriles is 1. The summed E-state index contributed by atoms with van der Waals surface area (Å²) in [5.74, 6) is 0.750. The summed E-state index contributed by atoms with van der Waals surface area (Å²) in [4.78, 5) is 0. The van der Waals surface area contributed by atoms with Crippen LogP contribution in [0, 0.1) is 17.2 Å². The maximum atomic E-state index is 9.28. The Labute approximate surface area is 92.5 Å². The number of hydrogen-bond acceptors (Lipinski definition) is 3. The molecule has 0 heterocycles. The van der Waals surface area contributed by atoms with Gasteiger partial charge in [0.1, 0.15) is 5.54 Å². The molecule has 2 N–H and O–H groups in total. The molecule has 0 saturated heterocycles. The van der Waals surface area contributed by atoms with Crippen molar-refractivity contribution in [3.63, 3.8) is 0 Å². The largest absolute Gasteiger partial charge is 0.396 e. The molecule has 1 aliphatic carbocycles. The molecule has 1 fully saturated rings. The summed E-state index contributed by atoms with van der Waals surface area (Å²) in [6, 6.07) is 2.44. The molecule has 2 atom stereocenters. The first kappa shape index (κ1) is 12.5. The molecule has 86 valence electrons. The Hall–Kier alpha value is -0.590. The second-order valence-electron chi connectivity index (χ2n) is 4.73. The Kier molecular flexibility index (Phi) is 5.07. The van der Waals surface area contributed by atoms with Crippen molar-refractivity contribution in [2.75, 3.05) is 13.2 Å². The summed E-state index contributed by atoms with van der Waals surface area (Å²) in [5, 5.41) is 21.3. The van der Waals surface area contributed by atoms with Gasteiger partial charge in [0.25, 0.3) is 0 Å². The molecule has 0 aromatic carbocycles. The van der Waals surface area contributed by atoms with E-state index in [0.29, 0.717) is 0 Å². The molecule has 3 heteroatoms. The maximum absolute atomic E-state index is 9.28. The highest BCUT2D eigenvalue weighted by Gasteiger charge is 2.31. The van der Waals surface area contributed by atoms with Crippen LogP contribution in [0.15, 0.2) is 0 Å². The van der Waals surface area contributed by atoms with Crippen LogP contribution < -0.4 is 5.32 Å². The van der Waals surface area contributed by atoms with Crippen LogP contribution in [0.5, 0.6) is 0 Å². The number of nitrogens with one attached hydrogen (secondary N) is 1. The molecule has 3 nitrogen and oxygen atoms in total. The van der Waals surface area contributed by atoms with Crippen LogP contribution in [0.25, 0.3) is 0 Å². The van der Waals surface area contributed by atoms with Crippen molar-refractivity contribution in [2.45, 2.75) is 51.0 Å². The topological polar surface area (TPSA) is 56.0 Å². The van der Waals surface area contributed by atoms with Crippen molar-refractivity contribution in [1.82, 2.24) is 5.32 Å². The molecule has 15 heavy (non-hydrogen) atoms. The van der Waals surface area contributed by atoms with Gasteiger partial charge in [-0.3, -0.25) is 5.32 Å². The highest BCUT2D eigenvalue weighted by Crippen LogP contribution is 2.29. The van der Waals surface area contributed by atoms with Gasteiger partial charge >= 0.3 is 0 Å². The first-order chi connectivity index (χ1) is 7.22. The molecule has 0 aromatic heterocycles. The van der Waals surface area contributed by atoms with E-state index in [4.69, 9.17) is 5.11 Å². The van der Waals surface area contributed by atoms with E-state index >= 15 is 0 Å². The van der Waals surface area contributed by atoms with E-state index < -0.39 is 0 Å². The van der Waals surface area contributed by atoms with Gasteiger partial charge in [0.15, 0.2) is 0 Å². The van der Waals surface area contributed by atoms with Gasteiger partial charge in [0, 0.05) is 6.61 Å². The summed E-state index contributed by atoms with van der Waals surface area (Å²) in [6.07, 6.45) is 6.17. The van der Waals surface area contributed by atoms with Gasteiger partial charge in [0.05, 0.1) is 6.07 Å². The third-order valence-corrected chi connectivity index (χ3v) is 3.38. The van der Waals surface area contributed by atoms with Crippen LogP contribution in [-0.2, 0) is 0 Å². The third kappa shape index (κ3) is 3.81. The Bertz CT molecular complexity index is 224. The Morgan fingerprint density at radius 3 is 2.93 bits per heavy atom. The number of hydrogen-bond donors (Lipinski definition) is 2. The lowest BCUT2D eigenvalue weighted by molar-refractivity contribution is 0.272. The van der Waals surface area contributed by atoms with Crippen molar-refractivity contribution >= 4 is 0 Å². The first-order valence-electron chi connectivity index (χ1n) is 5.99. The SMILES string of the molecule is CC1CCCC(C#N)(NCCCO)CC1. The van der Waals surface area contributed by atoms with Crippen molar-refractivity contribution < 1.29 is 5.11 Å². The van der Waals surface area contributed by atoms with Crippen molar-refractivity contribution in [3.8, 4) is 6.07 Å². The van der Waals surface area contributed by atoms with E-state index in [1.54, 1.807) is 0 Å². The second kappa shape index (κ2) is 6.09. The average Bonchev–Trinajstić information content (AvgIpc) is 2.42. The normalized spacial score (nSPS) is 31.9. The lowest BCUT2D eigenvalue weighted by atomic mass is 9.91. The van der Waals surface area contributed by atoms with Gasteiger partial charge in [-0.2, -0.15) is 5.26 Å². The first-order valence-corrected chi connectivity index (χ1v) is 5.99. The summed E-state index contributed by atoms with van der Waals surface area (Å²) in [7, 11) is 0. The summed E-state index contributed by atoms with van der Waals surface area (Å²) < 4.78 is 0. The fourth-order valence-corrected chi connectivity index (χ4v) is 2.25. The minimum Gasteiger partial charge on any atom is -0.396 e. The van der Waals surface area contributed by atoms with Gasteiger partial charge in [-0.1, -0.05) is 19.8 Å². The average molecular weight is 210 g/mol. The molecule has 0 aromatic rings. The van der Waals surface area contributed by atoms with Crippen LogP contribution in [0.3, 0.4) is 0 Å². The molecular formula is C12H22N2O. The van der Waals surface area contributed by atoms with E-state index in [1.807, 2.05) is 0 Å². The lowest BCUT2D eigenvalue weighted by Gasteiger charge is -2.26. The Balaban J connectivity index is 2.47. The lowest BCUT2D eigenvalue weighted by Crippen LogP contribution is -2.44. The van der Waals surface area contributed by atoms with E-state index in [1.165, 1.54) is 6.42 Å². The zero-order valence-electron chi connectivity index (χ0n) is 9.63. The quantitative estimate of drug-likeness (QED) is 0.549. The monoisotopic (exact) mass is 210 g/mol.